The van der Waals surface area contributed by atoms with Crippen LogP contribution in [-0.4, -0.2) is 64.1 Å². The summed E-state index contributed by atoms with van der Waals surface area (Å²) in [5, 5.41) is 14.1. The number of rotatable bonds is 8. The molecule has 4 rings (SSSR count). The SMILES string of the molecule is C=C(/C=C\CNc1ncc2cc(-c3c(Cl)cccc3Cl)c(=O)n(OC)c2n1)CN1CC[C@H](O)C1. The zero-order chi connectivity index (χ0) is 24.2. The van der Waals surface area contributed by atoms with Crippen LogP contribution in [0.5, 0.6) is 0 Å². The van der Waals surface area contributed by atoms with E-state index in [1.807, 2.05) is 12.2 Å². The number of hydrogen-bond donors (Lipinski definition) is 2. The lowest BCUT2D eigenvalue weighted by Gasteiger charge is -2.14. The van der Waals surface area contributed by atoms with E-state index in [1.54, 1.807) is 30.5 Å². The van der Waals surface area contributed by atoms with Gasteiger partial charge in [-0.15, -0.1) is 4.73 Å². The summed E-state index contributed by atoms with van der Waals surface area (Å²) in [5.41, 5.74) is 1.56. The molecular formula is C24H25Cl2N5O3. The average molecular weight is 502 g/mol. The van der Waals surface area contributed by atoms with Crippen LogP contribution in [0.2, 0.25) is 10.0 Å². The number of nitrogens with zero attached hydrogens (tertiary/aromatic N) is 4. The van der Waals surface area contributed by atoms with Gasteiger partial charge in [-0.2, -0.15) is 4.98 Å². The maximum Gasteiger partial charge on any atom is 0.293 e. The molecule has 1 aliphatic heterocycles. The third-order valence-corrected chi connectivity index (χ3v) is 6.15. The second-order valence-corrected chi connectivity index (χ2v) is 8.84. The number of pyridine rings is 1. The number of anilines is 1. The van der Waals surface area contributed by atoms with Crippen LogP contribution in [0.3, 0.4) is 0 Å². The van der Waals surface area contributed by atoms with Gasteiger partial charge in [0.1, 0.15) is 7.11 Å². The van der Waals surface area contributed by atoms with Crippen LogP contribution in [0.1, 0.15) is 6.42 Å². The summed E-state index contributed by atoms with van der Waals surface area (Å²) in [7, 11) is 1.39. The summed E-state index contributed by atoms with van der Waals surface area (Å²) in [6.45, 7) is 6.81. The highest BCUT2D eigenvalue weighted by Crippen LogP contribution is 2.33. The Kier molecular flexibility index (Phi) is 7.53. The van der Waals surface area contributed by atoms with Crippen molar-refractivity contribution in [2.45, 2.75) is 12.5 Å². The lowest BCUT2D eigenvalue weighted by atomic mass is 10.1. The van der Waals surface area contributed by atoms with Crippen molar-refractivity contribution in [2.24, 2.45) is 0 Å². The molecule has 1 fully saturated rings. The number of halogens is 2. The van der Waals surface area contributed by atoms with Gasteiger partial charge in [0.2, 0.25) is 5.95 Å². The van der Waals surface area contributed by atoms with Crippen LogP contribution >= 0.6 is 23.2 Å². The molecule has 0 radical (unpaired) electrons. The Hall–Kier alpha value is -2.91. The first-order valence-corrected chi connectivity index (χ1v) is 11.5. The van der Waals surface area contributed by atoms with Gasteiger partial charge in [-0.05, 0) is 30.2 Å². The van der Waals surface area contributed by atoms with Crippen molar-refractivity contribution in [3.8, 4) is 11.1 Å². The molecule has 1 aromatic carbocycles. The number of benzene rings is 1. The zero-order valence-corrected chi connectivity index (χ0v) is 20.2. The average Bonchev–Trinajstić information content (AvgIpc) is 3.21. The van der Waals surface area contributed by atoms with E-state index in [0.717, 1.165) is 29.8 Å². The van der Waals surface area contributed by atoms with Gasteiger partial charge in [0.05, 0.1) is 21.7 Å². The molecule has 0 amide bonds. The summed E-state index contributed by atoms with van der Waals surface area (Å²) in [4.78, 5) is 29.4. The molecule has 2 aromatic heterocycles. The topological polar surface area (TPSA) is 92.5 Å². The predicted molar refractivity (Wildman–Crippen MR) is 136 cm³/mol. The van der Waals surface area contributed by atoms with E-state index in [-0.39, 0.29) is 6.10 Å². The number of hydrogen-bond acceptors (Lipinski definition) is 7. The molecule has 0 aliphatic carbocycles. The first kappa shape index (κ1) is 24.2. The van der Waals surface area contributed by atoms with Crippen molar-refractivity contribution >= 4 is 40.2 Å². The molecule has 1 atom stereocenters. The highest BCUT2D eigenvalue weighted by Gasteiger charge is 2.20. The first-order chi connectivity index (χ1) is 16.4. The number of fused-ring (bicyclic) bond motifs is 1. The first-order valence-electron chi connectivity index (χ1n) is 10.8. The van der Waals surface area contributed by atoms with E-state index in [1.165, 1.54) is 7.11 Å². The molecule has 0 unspecified atom stereocenters. The summed E-state index contributed by atoms with van der Waals surface area (Å²) in [6, 6.07) is 6.71. The quantitative estimate of drug-likeness (QED) is 0.456. The lowest BCUT2D eigenvalue weighted by Crippen LogP contribution is -2.27. The third-order valence-electron chi connectivity index (χ3n) is 5.52. The fourth-order valence-electron chi connectivity index (χ4n) is 3.93. The zero-order valence-electron chi connectivity index (χ0n) is 18.7. The van der Waals surface area contributed by atoms with Crippen LogP contribution in [-0.2, 0) is 0 Å². The minimum Gasteiger partial charge on any atom is -0.412 e. The van der Waals surface area contributed by atoms with Gasteiger partial charge in [-0.3, -0.25) is 9.69 Å². The molecule has 3 aromatic rings. The standard InChI is InChI=1S/C24H25Cl2N5O3/c1-15(13-30-10-8-17(32)14-30)5-4-9-27-24-28-12-16-11-18(21-19(25)6-3-7-20(21)26)23(33)31(34-2)22(16)29-24/h3-7,11-12,17,32H,1,8-10,13-14H2,2H3,(H,27,28,29)/b5-4-/t17-/m0/s1. The predicted octanol–water partition coefficient (Wildman–Crippen LogP) is 3.41. The number of aromatic nitrogens is 3. The van der Waals surface area contributed by atoms with Crippen molar-refractivity contribution in [2.75, 3.05) is 38.6 Å². The second kappa shape index (κ2) is 10.6. The minimum atomic E-state index is -0.433. The van der Waals surface area contributed by atoms with Gasteiger partial charge in [-0.1, -0.05) is 48.0 Å². The molecule has 1 aliphatic rings. The second-order valence-electron chi connectivity index (χ2n) is 8.03. The van der Waals surface area contributed by atoms with Crippen LogP contribution < -0.4 is 15.7 Å². The molecule has 178 valence electrons. The highest BCUT2D eigenvalue weighted by molar-refractivity contribution is 6.39. The summed E-state index contributed by atoms with van der Waals surface area (Å²) < 4.78 is 1.10. The Morgan fingerprint density at radius 2 is 2.15 bits per heavy atom. The van der Waals surface area contributed by atoms with E-state index in [9.17, 15) is 9.90 Å². The Bertz CT molecular complexity index is 1290. The van der Waals surface area contributed by atoms with Gasteiger partial charge >= 0.3 is 0 Å². The number of aliphatic hydroxyl groups excluding tert-OH is 1. The lowest BCUT2D eigenvalue weighted by molar-refractivity contribution is 0.168. The molecule has 0 spiro atoms. The monoisotopic (exact) mass is 501 g/mol. The van der Waals surface area contributed by atoms with Crippen molar-refractivity contribution in [3.05, 3.63) is 75.2 Å². The Balaban J connectivity index is 1.51. The normalized spacial score (nSPS) is 16.4. The molecule has 0 bridgehead atoms. The molecule has 2 N–H and O–H groups in total. The maximum absolute atomic E-state index is 13.1. The molecule has 8 nitrogen and oxygen atoms in total. The summed E-state index contributed by atoms with van der Waals surface area (Å²) in [5.74, 6) is 0.346. The largest absolute Gasteiger partial charge is 0.412 e. The number of likely N-dealkylation sites (tertiary alicyclic amines) is 1. The third kappa shape index (κ3) is 5.26. The van der Waals surface area contributed by atoms with Gasteiger partial charge in [0.25, 0.3) is 5.56 Å². The number of nitrogens with one attached hydrogen (secondary N) is 1. The van der Waals surface area contributed by atoms with E-state index in [2.05, 4.69) is 26.8 Å². The Labute approximate surface area is 207 Å². The van der Waals surface area contributed by atoms with Crippen molar-refractivity contribution in [1.29, 1.82) is 0 Å². The van der Waals surface area contributed by atoms with E-state index in [0.29, 0.717) is 51.2 Å². The highest BCUT2D eigenvalue weighted by atomic mass is 35.5. The maximum atomic E-state index is 13.1. The van der Waals surface area contributed by atoms with Gasteiger partial charge < -0.3 is 15.3 Å². The molecule has 3 heterocycles. The fraction of sp³-hybridized carbons (Fsp3) is 0.292. The van der Waals surface area contributed by atoms with Gasteiger partial charge in [0.15, 0.2) is 5.65 Å². The summed E-state index contributed by atoms with van der Waals surface area (Å²) >= 11 is 12.6. The van der Waals surface area contributed by atoms with Gasteiger partial charge in [0, 0.05) is 43.3 Å². The molecule has 34 heavy (non-hydrogen) atoms. The number of aliphatic hydroxyl groups is 1. The van der Waals surface area contributed by atoms with Crippen LogP contribution in [0.4, 0.5) is 5.95 Å². The molecule has 0 saturated carbocycles. The van der Waals surface area contributed by atoms with Crippen LogP contribution in [0.25, 0.3) is 22.2 Å². The molecular weight excluding hydrogens is 477 g/mol. The summed E-state index contributed by atoms with van der Waals surface area (Å²) in [6.07, 6.45) is 6.02. The fourth-order valence-corrected chi connectivity index (χ4v) is 4.53. The van der Waals surface area contributed by atoms with Crippen molar-refractivity contribution in [1.82, 2.24) is 19.6 Å². The smallest absolute Gasteiger partial charge is 0.293 e. The molecule has 10 heteroatoms. The van der Waals surface area contributed by atoms with Crippen LogP contribution in [0, 0.1) is 0 Å². The van der Waals surface area contributed by atoms with E-state index < -0.39 is 5.56 Å². The number of β-amino-alcohol motifs (C(OH)–C–C–N with tert-alkyl or cyclic N) is 1. The Morgan fingerprint density at radius 1 is 1.38 bits per heavy atom. The minimum absolute atomic E-state index is 0.245. The van der Waals surface area contributed by atoms with Crippen LogP contribution in [0.15, 0.2) is 59.6 Å². The van der Waals surface area contributed by atoms with E-state index in [4.69, 9.17) is 28.0 Å². The van der Waals surface area contributed by atoms with Gasteiger partial charge in [-0.25, -0.2) is 4.98 Å². The van der Waals surface area contributed by atoms with Crippen molar-refractivity contribution < 1.29 is 9.94 Å². The molecule has 1 saturated heterocycles. The van der Waals surface area contributed by atoms with E-state index >= 15 is 0 Å². The Morgan fingerprint density at radius 3 is 2.82 bits per heavy atom. The van der Waals surface area contributed by atoms with Crippen molar-refractivity contribution in [3.63, 3.8) is 0 Å².